The number of nitrogens with one attached hydrogen (secondary N) is 1. The second kappa shape index (κ2) is 8.65. The zero-order chi connectivity index (χ0) is 16.7. The first-order valence-electron chi connectivity index (χ1n) is 7.05. The lowest BCUT2D eigenvalue weighted by atomic mass is 10.2. The predicted molar refractivity (Wildman–Crippen MR) is 78.6 cm³/mol. The first kappa shape index (κ1) is 18.3. The molecule has 1 rings (SSSR count). The highest BCUT2D eigenvalue weighted by Crippen LogP contribution is 2.15. The van der Waals surface area contributed by atoms with Gasteiger partial charge in [-0.05, 0) is 32.6 Å². The number of benzene rings is 1. The Bertz CT molecular complexity index is 498. The molecule has 1 amide bonds. The number of carbonyl (C=O) groups excluding carboxylic acids is 1. The van der Waals surface area contributed by atoms with Gasteiger partial charge in [-0.2, -0.15) is 0 Å². The number of aliphatic hydroxyl groups excluding tert-OH is 1. The van der Waals surface area contributed by atoms with Crippen LogP contribution in [0.2, 0.25) is 0 Å². The van der Waals surface area contributed by atoms with Gasteiger partial charge in [-0.3, -0.25) is 9.69 Å². The van der Waals surface area contributed by atoms with Crippen LogP contribution in [-0.4, -0.2) is 55.3 Å². The number of rotatable bonds is 8. The fraction of sp³-hybridized carbons (Fsp3) is 0.533. The summed E-state index contributed by atoms with van der Waals surface area (Å²) in [6.07, 6.45) is -0.294. The van der Waals surface area contributed by atoms with Gasteiger partial charge in [-0.15, -0.1) is 0 Å². The van der Waals surface area contributed by atoms with Gasteiger partial charge in [0.05, 0.1) is 6.04 Å². The maximum Gasteiger partial charge on any atom is 0.237 e. The Morgan fingerprint density at radius 1 is 1.36 bits per heavy atom. The molecule has 0 bridgehead atoms. The lowest BCUT2D eigenvalue weighted by Gasteiger charge is -2.22. The Morgan fingerprint density at radius 2 is 2.05 bits per heavy atom. The monoisotopic (exact) mass is 316 g/mol. The van der Waals surface area contributed by atoms with Crippen molar-refractivity contribution in [3.8, 4) is 5.75 Å². The summed E-state index contributed by atoms with van der Waals surface area (Å²) in [6.45, 7) is 1.78. The smallest absolute Gasteiger partial charge is 0.237 e. The maximum absolute atomic E-state index is 13.0. The summed E-state index contributed by atoms with van der Waals surface area (Å²) in [5.41, 5.74) is 0. The van der Waals surface area contributed by atoms with Crippen LogP contribution in [0, 0.1) is 11.6 Å². The highest BCUT2D eigenvalue weighted by Gasteiger charge is 2.19. The number of nitrogens with zero attached hydrogens (tertiary/aromatic N) is 1. The van der Waals surface area contributed by atoms with Crippen LogP contribution in [0.1, 0.15) is 13.3 Å². The van der Waals surface area contributed by atoms with Crippen LogP contribution in [0.4, 0.5) is 8.78 Å². The number of ether oxygens (including phenoxy) is 1. The molecular formula is C15H22F2N2O3. The Hall–Kier alpha value is -1.73. The molecule has 124 valence electrons. The van der Waals surface area contributed by atoms with E-state index in [1.807, 2.05) is 6.92 Å². The summed E-state index contributed by atoms with van der Waals surface area (Å²) in [5.74, 6) is -2.05. The van der Waals surface area contributed by atoms with Crippen LogP contribution < -0.4 is 10.1 Å². The molecule has 0 radical (unpaired) electrons. The zero-order valence-electron chi connectivity index (χ0n) is 13.0. The van der Waals surface area contributed by atoms with Crippen LogP contribution in [0.25, 0.3) is 0 Å². The van der Waals surface area contributed by atoms with E-state index >= 15 is 0 Å². The SMILES string of the molecule is CCC(C(=O)NCC(O)COc1ccc(F)c(F)c1)N(C)C. The molecule has 1 aromatic rings. The van der Waals surface area contributed by atoms with E-state index in [4.69, 9.17) is 4.74 Å². The molecule has 22 heavy (non-hydrogen) atoms. The van der Waals surface area contributed by atoms with E-state index in [1.165, 1.54) is 6.07 Å². The minimum atomic E-state index is -1.02. The van der Waals surface area contributed by atoms with Crippen LogP contribution in [0.15, 0.2) is 18.2 Å². The Labute approximate surface area is 128 Å². The molecule has 5 nitrogen and oxygen atoms in total. The third-order valence-corrected chi connectivity index (χ3v) is 3.16. The average Bonchev–Trinajstić information content (AvgIpc) is 2.46. The molecule has 0 saturated heterocycles. The standard InChI is InChI=1S/C15H22F2N2O3/c1-4-14(19(2)3)15(21)18-8-10(20)9-22-11-5-6-12(16)13(17)7-11/h5-7,10,14,20H,4,8-9H2,1-3H3,(H,18,21). The fourth-order valence-electron chi connectivity index (χ4n) is 1.94. The molecular weight excluding hydrogens is 294 g/mol. The van der Waals surface area contributed by atoms with E-state index in [2.05, 4.69) is 5.32 Å². The third-order valence-electron chi connectivity index (χ3n) is 3.16. The van der Waals surface area contributed by atoms with Crippen molar-refractivity contribution >= 4 is 5.91 Å². The number of hydrogen-bond donors (Lipinski definition) is 2. The van der Waals surface area contributed by atoms with E-state index in [0.717, 1.165) is 12.1 Å². The molecule has 0 spiro atoms. The van der Waals surface area contributed by atoms with Crippen LogP contribution >= 0.6 is 0 Å². The second-order valence-electron chi connectivity index (χ2n) is 5.17. The number of hydrogen-bond acceptors (Lipinski definition) is 4. The quantitative estimate of drug-likeness (QED) is 0.755. The van der Waals surface area contributed by atoms with Gasteiger partial charge in [0.2, 0.25) is 5.91 Å². The van der Waals surface area contributed by atoms with Gasteiger partial charge in [0.15, 0.2) is 11.6 Å². The largest absolute Gasteiger partial charge is 0.491 e. The van der Waals surface area contributed by atoms with Gasteiger partial charge in [0.1, 0.15) is 18.5 Å². The molecule has 1 aromatic carbocycles. The van der Waals surface area contributed by atoms with Crippen LogP contribution in [0.5, 0.6) is 5.75 Å². The van der Waals surface area contributed by atoms with E-state index < -0.39 is 17.7 Å². The summed E-state index contributed by atoms with van der Waals surface area (Å²) in [6, 6.07) is 2.85. The van der Waals surface area contributed by atoms with Crippen molar-refractivity contribution in [3.63, 3.8) is 0 Å². The molecule has 0 aromatic heterocycles. The number of aliphatic hydroxyl groups is 1. The first-order chi connectivity index (χ1) is 10.3. The van der Waals surface area contributed by atoms with Crippen molar-refractivity contribution in [2.75, 3.05) is 27.2 Å². The molecule has 0 saturated carbocycles. The summed E-state index contributed by atoms with van der Waals surface area (Å²) in [5, 5.41) is 12.4. The molecule has 0 aliphatic heterocycles. The van der Waals surface area contributed by atoms with Crippen molar-refractivity contribution in [3.05, 3.63) is 29.8 Å². The molecule has 7 heteroatoms. The number of carbonyl (C=O) groups is 1. The Morgan fingerprint density at radius 3 is 2.59 bits per heavy atom. The van der Waals surface area contributed by atoms with Crippen molar-refractivity contribution in [2.45, 2.75) is 25.5 Å². The molecule has 2 atom stereocenters. The van der Waals surface area contributed by atoms with Gasteiger partial charge >= 0.3 is 0 Å². The van der Waals surface area contributed by atoms with Crippen molar-refractivity contribution in [1.82, 2.24) is 10.2 Å². The number of halogens is 2. The lowest BCUT2D eigenvalue weighted by molar-refractivity contribution is -0.126. The summed E-state index contributed by atoms with van der Waals surface area (Å²) in [4.78, 5) is 13.7. The second-order valence-corrected chi connectivity index (χ2v) is 5.17. The van der Waals surface area contributed by atoms with E-state index in [0.29, 0.717) is 6.42 Å². The molecule has 0 aliphatic carbocycles. The highest BCUT2D eigenvalue weighted by molar-refractivity contribution is 5.81. The average molecular weight is 316 g/mol. The van der Waals surface area contributed by atoms with Crippen LogP contribution in [0.3, 0.4) is 0 Å². The topological polar surface area (TPSA) is 61.8 Å². The van der Waals surface area contributed by atoms with Crippen molar-refractivity contribution in [1.29, 1.82) is 0 Å². The van der Waals surface area contributed by atoms with Gasteiger partial charge in [0, 0.05) is 12.6 Å². The minimum Gasteiger partial charge on any atom is -0.491 e. The molecule has 0 aliphatic rings. The minimum absolute atomic E-state index is 0.0207. The van der Waals surface area contributed by atoms with E-state index in [-0.39, 0.29) is 30.9 Å². The lowest BCUT2D eigenvalue weighted by Crippen LogP contribution is -2.46. The summed E-state index contributed by atoms with van der Waals surface area (Å²) in [7, 11) is 3.60. The first-order valence-corrected chi connectivity index (χ1v) is 7.05. The molecule has 0 heterocycles. The Kier molecular flexibility index (Phi) is 7.20. The maximum atomic E-state index is 13.0. The number of amides is 1. The van der Waals surface area contributed by atoms with Gasteiger partial charge < -0.3 is 15.2 Å². The normalized spacial score (nSPS) is 13.8. The van der Waals surface area contributed by atoms with E-state index in [9.17, 15) is 18.7 Å². The molecule has 2 unspecified atom stereocenters. The number of likely N-dealkylation sites (N-methyl/N-ethyl adjacent to an activating group) is 1. The highest BCUT2D eigenvalue weighted by atomic mass is 19.2. The van der Waals surface area contributed by atoms with Crippen molar-refractivity contribution in [2.24, 2.45) is 0 Å². The molecule has 0 fully saturated rings. The van der Waals surface area contributed by atoms with Gasteiger partial charge in [0.25, 0.3) is 0 Å². The zero-order valence-corrected chi connectivity index (χ0v) is 13.0. The molecule has 2 N–H and O–H groups in total. The van der Waals surface area contributed by atoms with Gasteiger partial charge in [-0.1, -0.05) is 6.92 Å². The Balaban J connectivity index is 2.38. The van der Waals surface area contributed by atoms with Gasteiger partial charge in [-0.25, -0.2) is 8.78 Å². The summed E-state index contributed by atoms with van der Waals surface area (Å²) < 4.78 is 30.9. The predicted octanol–water partition coefficient (Wildman–Crippen LogP) is 1.16. The fourth-order valence-corrected chi connectivity index (χ4v) is 1.94. The summed E-state index contributed by atoms with van der Waals surface area (Å²) >= 11 is 0. The van der Waals surface area contributed by atoms with Crippen molar-refractivity contribution < 1.29 is 23.4 Å². The van der Waals surface area contributed by atoms with Crippen LogP contribution in [-0.2, 0) is 4.79 Å². The third kappa shape index (κ3) is 5.57. The van der Waals surface area contributed by atoms with E-state index in [1.54, 1.807) is 19.0 Å².